The number of azo groups is 2. The summed E-state index contributed by atoms with van der Waals surface area (Å²) in [6.45, 7) is 3.71. The predicted octanol–water partition coefficient (Wildman–Crippen LogP) is 2.02. The third-order valence-electron chi connectivity index (χ3n) is 2.60. The molecule has 4 nitrogen and oxygen atoms in total. The van der Waals surface area contributed by atoms with Gasteiger partial charge in [0.2, 0.25) is 0 Å². The van der Waals surface area contributed by atoms with E-state index in [1.807, 2.05) is 13.8 Å². The molecule has 1 fully saturated rings. The van der Waals surface area contributed by atoms with E-state index in [4.69, 9.17) is 4.74 Å². The number of esters is 1. The molecular weight excluding hydrogens is 192 g/mol. The van der Waals surface area contributed by atoms with Crippen LogP contribution in [0.1, 0.15) is 33.1 Å². The van der Waals surface area contributed by atoms with Crippen LogP contribution in [0.5, 0.6) is 0 Å². The van der Waals surface area contributed by atoms with E-state index in [0.29, 0.717) is 5.70 Å². The molecule has 0 atom stereocenters. The first-order valence-electron chi connectivity index (χ1n) is 5.35. The highest BCUT2D eigenvalue weighted by molar-refractivity contribution is 5.87. The van der Waals surface area contributed by atoms with Crippen molar-refractivity contribution >= 4 is 5.97 Å². The van der Waals surface area contributed by atoms with Crippen molar-refractivity contribution in [2.45, 2.75) is 39.2 Å². The molecule has 0 aromatic rings. The summed E-state index contributed by atoms with van der Waals surface area (Å²) in [5.41, 5.74) is 1.72. The minimum absolute atomic E-state index is 0.0792. The topological polar surface area (TPSA) is 41.7 Å². The van der Waals surface area contributed by atoms with Crippen LogP contribution in [0.2, 0.25) is 0 Å². The summed E-state index contributed by atoms with van der Waals surface area (Å²) in [5, 5.41) is 4.34. The van der Waals surface area contributed by atoms with Crippen LogP contribution in [-0.2, 0) is 9.53 Å². The van der Waals surface area contributed by atoms with Gasteiger partial charge in [-0.3, -0.25) is 0 Å². The smallest absolute Gasteiger partial charge is 0.406 e. The van der Waals surface area contributed by atoms with Gasteiger partial charge in [-0.25, -0.2) is 4.79 Å². The molecule has 0 bridgehead atoms. The molecule has 2 aliphatic rings. The molecule has 0 aromatic heterocycles. The fraction of sp³-hybridized carbons (Fsp3) is 0.636. The minimum Gasteiger partial charge on any atom is -0.455 e. The number of rotatable bonds is 2. The Morgan fingerprint density at radius 2 is 2.20 bits per heavy atom. The number of fused-ring (bicyclic) bond motifs is 1. The fourth-order valence-electron chi connectivity index (χ4n) is 2.04. The van der Waals surface area contributed by atoms with Gasteiger partial charge in [-0.15, -0.1) is 0 Å². The second-order valence-corrected chi connectivity index (χ2v) is 4.21. The van der Waals surface area contributed by atoms with E-state index in [1.54, 1.807) is 11.7 Å². The molecule has 0 amide bonds. The van der Waals surface area contributed by atoms with Gasteiger partial charge in [-0.2, -0.15) is 0 Å². The Hall–Kier alpha value is -1.19. The first-order valence-corrected chi connectivity index (χ1v) is 5.35. The zero-order chi connectivity index (χ0) is 11.0. The number of hydrogen-bond donors (Lipinski definition) is 0. The van der Waals surface area contributed by atoms with Gasteiger partial charge < -0.3 is 4.74 Å². The Morgan fingerprint density at radius 1 is 1.47 bits per heavy atom. The monoisotopic (exact) mass is 208 g/mol. The average Bonchev–Trinajstić information content (AvgIpc) is 2.60. The largest absolute Gasteiger partial charge is 0.455 e. The van der Waals surface area contributed by atoms with Crippen LogP contribution in [-0.4, -0.2) is 23.8 Å². The number of nitrogens with zero attached hydrogens (tertiary/aromatic N) is 2. The Bertz CT molecular complexity index is 356. The molecule has 1 aliphatic carbocycles. The van der Waals surface area contributed by atoms with E-state index in [0.717, 1.165) is 30.9 Å². The SMILES string of the molecule is CC(C)OC(=O)C1=C2CCC[C]2N=[N+]1C. The van der Waals surface area contributed by atoms with Gasteiger partial charge in [0.1, 0.15) is 0 Å². The third-order valence-corrected chi connectivity index (χ3v) is 2.60. The lowest BCUT2D eigenvalue weighted by Crippen LogP contribution is -2.19. The van der Waals surface area contributed by atoms with E-state index in [9.17, 15) is 4.79 Å². The zero-order valence-corrected chi connectivity index (χ0v) is 9.41. The first-order chi connectivity index (χ1) is 7.09. The van der Waals surface area contributed by atoms with Crippen molar-refractivity contribution < 1.29 is 14.2 Å². The summed E-state index contributed by atoms with van der Waals surface area (Å²) in [4.78, 5) is 11.8. The van der Waals surface area contributed by atoms with Gasteiger partial charge in [0.25, 0.3) is 0 Å². The van der Waals surface area contributed by atoms with Gasteiger partial charge in [0.15, 0.2) is 13.1 Å². The van der Waals surface area contributed by atoms with Crippen LogP contribution in [0.25, 0.3) is 0 Å². The van der Waals surface area contributed by atoms with Crippen LogP contribution in [0.4, 0.5) is 0 Å². The number of ether oxygens (including phenoxy) is 1. The lowest BCUT2D eigenvalue weighted by atomic mass is 10.1. The molecule has 4 heteroatoms. The van der Waals surface area contributed by atoms with Crippen LogP contribution in [0, 0.1) is 6.04 Å². The number of hydrogen-bond acceptors (Lipinski definition) is 3. The van der Waals surface area contributed by atoms with Gasteiger partial charge in [-0.1, -0.05) is 4.70 Å². The predicted molar refractivity (Wildman–Crippen MR) is 54.0 cm³/mol. The molecule has 0 spiro atoms. The standard InChI is InChI=1S/C11H16N2O2/c1-7(2)15-11(14)10-8-5-4-6-9(8)12-13(10)3/h7H,4-6H2,1-3H3/q+1. The van der Waals surface area contributed by atoms with Crippen molar-refractivity contribution in [3.8, 4) is 0 Å². The molecule has 0 aromatic carbocycles. The van der Waals surface area contributed by atoms with Gasteiger partial charge >= 0.3 is 11.7 Å². The Balaban J connectivity index is 2.23. The number of carbonyl (C=O) groups excluding carboxylic acids is 1. The minimum atomic E-state index is -0.247. The van der Waals surface area contributed by atoms with Crippen molar-refractivity contribution in [1.82, 2.24) is 0 Å². The molecule has 1 radical (unpaired) electrons. The van der Waals surface area contributed by atoms with E-state index in [2.05, 4.69) is 5.11 Å². The summed E-state index contributed by atoms with van der Waals surface area (Å²) in [5.74, 6) is -0.247. The molecule has 1 aliphatic heterocycles. The van der Waals surface area contributed by atoms with Crippen molar-refractivity contribution in [3.05, 3.63) is 17.3 Å². The van der Waals surface area contributed by atoms with E-state index in [-0.39, 0.29) is 12.1 Å². The van der Waals surface area contributed by atoms with Crippen LogP contribution in [0.15, 0.2) is 16.4 Å². The van der Waals surface area contributed by atoms with Crippen LogP contribution >= 0.6 is 0 Å². The maximum Gasteiger partial charge on any atom is 0.406 e. The molecule has 2 rings (SSSR count). The second kappa shape index (κ2) is 3.76. The van der Waals surface area contributed by atoms with E-state index >= 15 is 0 Å². The van der Waals surface area contributed by atoms with Crippen molar-refractivity contribution in [2.75, 3.05) is 7.05 Å². The van der Waals surface area contributed by atoms with Crippen molar-refractivity contribution in [2.24, 2.45) is 5.11 Å². The molecule has 0 unspecified atom stereocenters. The number of carbonyl (C=O) groups is 1. The van der Waals surface area contributed by atoms with Gasteiger partial charge in [-0.05, 0) is 38.2 Å². The molecule has 15 heavy (non-hydrogen) atoms. The van der Waals surface area contributed by atoms with E-state index in [1.165, 1.54) is 0 Å². The highest BCUT2D eigenvalue weighted by Gasteiger charge is 2.42. The summed E-state index contributed by atoms with van der Waals surface area (Å²) < 4.78 is 6.85. The molecular formula is C11H16N2O2+. The lowest BCUT2D eigenvalue weighted by Gasteiger charge is -2.05. The average molecular weight is 208 g/mol. The Labute approximate surface area is 89.6 Å². The van der Waals surface area contributed by atoms with Gasteiger partial charge in [0.05, 0.1) is 6.10 Å². The Kier molecular flexibility index (Phi) is 2.59. The van der Waals surface area contributed by atoms with E-state index < -0.39 is 0 Å². The highest BCUT2D eigenvalue weighted by Crippen LogP contribution is 2.40. The summed E-state index contributed by atoms with van der Waals surface area (Å²) in [7, 11) is 1.80. The summed E-state index contributed by atoms with van der Waals surface area (Å²) in [6.07, 6.45) is 2.95. The Morgan fingerprint density at radius 3 is 2.87 bits per heavy atom. The quantitative estimate of drug-likeness (QED) is 0.514. The maximum atomic E-state index is 11.8. The highest BCUT2D eigenvalue weighted by atomic mass is 16.5. The first kappa shape index (κ1) is 10.3. The van der Waals surface area contributed by atoms with Crippen LogP contribution < -0.4 is 0 Å². The molecule has 1 heterocycles. The molecule has 81 valence electrons. The second-order valence-electron chi connectivity index (χ2n) is 4.21. The molecule has 0 N–H and O–H groups in total. The third kappa shape index (κ3) is 1.80. The lowest BCUT2D eigenvalue weighted by molar-refractivity contribution is -0.506. The molecule has 1 saturated carbocycles. The molecule has 0 saturated heterocycles. The fourth-order valence-corrected chi connectivity index (χ4v) is 2.04. The van der Waals surface area contributed by atoms with Gasteiger partial charge in [0, 0.05) is 5.57 Å². The number of likely N-dealkylation sites (N-methyl/N-ethyl adjacent to an activating group) is 1. The van der Waals surface area contributed by atoms with Crippen LogP contribution in [0.3, 0.4) is 0 Å². The zero-order valence-electron chi connectivity index (χ0n) is 9.41. The normalized spacial score (nSPS) is 20.9. The maximum absolute atomic E-state index is 11.8. The summed E-state index contributed by atoms with van der Waals surface area (Å²) >= 11 is 0. The van der Waals surface area contributed by atoms with Crippen molar-refractivity contribution in [3.63, 3.8) is 0 Å². The summed E-state index contributed by atoms with van der Waals surface area (Å²) in [6, 6.07) is 1.06. The van der Waals surface area contributed by atoms with Crippen molar-refractivity contribution in [1.29, 1.82) is 0 Å².